The van der Waals surface area contributed by atoms with Gasteiger partial charge < -0.3 is 11.1 Å². The second-order valence-corrected chi connectivity index (χ2v) is 7.77. The third kappa shape index (κ3) is 3.97. The molecule has 0 saturated carbocycles. The molecule has 1 aromatic carbocycles. The Labute approximate surface area is 126 Å². The van der Waals surface area contributed by atoms with Crippen LogP contribution < -0.4 is 11.1 Å². The van der Waals surface area contributed by atoms with Crippen molar-refractivity contribution in [2.45, 2.75) is 30.6 Å². The number of hydrogen-bond donors (Lipinski definition) is 2. The first-order valence-electron chi connectivity index (χ1n) is 6.42. The standard InChI is InChI=1S/C14H19BrN2OS/c1-14(6-3-7-19-14)9-17-12(13(16)18)10-4-2-5-11(15)8-10/h2,4-5,8,12,17H,3,6-7,9H2,1H3,(H2,16,18)/t12-,14+/m1/s1. The summed E-state index contributed by atoms with van der Waals surface area (Å²) in [7, 11) is 0. The van der Waals surface area contributed by atoms with Gasteiger partial charge in [0.25, 0.3) is 0 Å². The van der Waals surface area contributed by atoms with E-state index < -0.39 is 6.04 Å². The summed E-state index contributed by atoms with van der Waals surface area (Å²) in [4.78, 5) is 11.7. The Bertz CT molecular complexity index is 461. The van der Waals surface area contributed by atoms with Gasteiger partial charge in [-0.25, -0.2) is 0 Å². The first-order chi connectivity index (χ1) is 9.00. The van der Waals surface area contributed by atoms with Crippen LogP contribution in [0.4, 0.5) is 0 Å². The molecule has 0 aliphatic carbocycles. The van der Waals surface area contributed by atoms with Crippen LogP contribution in [0.15, 0.2) is 28.7 Å². The number of nitrogens with two attached hydrogens (primary N) is 1. The highest BCUT2D eigenvalue weighted by Gasteiger charge is 2.31. The monoisotopic (exact) mass is 342 g/mol. The SMILES string of the molecule is C[C@@]1(CN[C@@H](C(N)=O)c2cccc(Br)c2)CCCS1. The Morgan fingerprint density at radius 1 is 1.63 bits per heavy atom. The Hall–Kier alpha value is -0.520. The molecule has 3 nitrogen and oxygen atoms in total. The van der Waals surface area contributed by atoms with Crippen molar-refractivity contribution >= 4 is 33.6 Å². The Morgan fingerprint density at radius 2 is 2.42 bits per heavy atom. The predicted octanol–water partition coefficient (Wildman–Crippen LogP) is 2.85. The molecule has 0 radical (unpaired) electrons. The van der Waals surface area contributed by atoms with Gasteiger partial charge >= 0.3 is 0 Å². The highest BCUT2D eigenvalue weighted by Crippen LogP contribution is 2.37. The number of amides is 1. The van der Waals surface area contributed by atoms with E-state index in [0.29, 0.717) is 0 Å². The summed E-state index contributed by atoms with van der Waals surface area (Å²) in [5.74, 6) is 0.876. The number of benzene rings is 1. The lowest BCUT2D eigenvalue weighted by Gasteiger charge is -2.26. The Balaban J connectivity index is 2.06. The molecule has 0 bridgehead atoms. The topological polar surface area (TPSA) is 55.1 Å². The van der Waals surface area contributed by atoms with Crippen LogP contribution in [0, 0.1) is 0 Å². The molecule has 5 heteroatoms. The third-order valence-electron chi connectivity index (χ3n) is 3.45. The van der Waals surface area contributed by atoms with E-state index in [1.54, 1.807) is 0 Å². The highest BCUT2D eigenvalue weighted by atomic mass is 79.9. The van der Waals surface area contributed by atoms with E-state index in [9.17, 15) is 4.79 Å². The summed E-state index contributed by atoms with van der Waals surface area (Å²) in [5, 5.41) is 3.33. The largest absolute Gasteiger partial charge is 0.368 e. The summed E-state index contributed by atoms with van der Waals surface area (Å²) in [6.07, 6.45) is 2.44. The molecular weight excluding hydrogens is 324 g/mol. The second kappa shape index (κ2) is 6.29. The van der Waals surface area contributed by atoms with Crippen LogP contribution in [0.2, 0.25) is 0 Å². The maximum absolute atomic E-state index is 11.7. The minimum Gasteiger partial charge on any atom is -0.368 e. The average Bonchev–Trinajstić information content (AvgIpc) is 2.76. The molecular formula is C14H19BrN2OS. The van der Waals surface area contributed by atoms with E-state index in [-0.39, 0.29) is 10.7 Å². The van der Waals surface area contributed by atoms with Crippen molar-refractivity contribution in [3.63, 3.8) is 0 Å². The van der Waals surface area contributed by atoms with E-state index in [2.05, 4.69) is 28.2 Å². The molecule has 1 heterocycles. The van der Waals surface area contributed by atoms with Gasteiger partial charge in [-0.15, -0.1) is 0 Å². The van der Waals surface area contributed by atoms with Gasteiger partial charge in [0.2, 0.25) is 5.91 Å². The first-order valence-corrected chi connectivity index (χ1v) is 8.20. The minimum atomic E-state index is -0.421. The lowest BCUT2D eigenvalue weighted by atomic mass is 10.0. The smallest absolute Gasteiger partial charge is 0.239 e. The van der Waals surface area contributed by atoms with E-state index in [1.165, 1.54) is 18.6 Å². The minimum absolute atomic E-state index is 0.222. The van der Waals surface area contributed by atoms with E-state index in [4.69, 9.17) is 5.73 Å². The van der Waals surface area contributed by atoms with Gasteiger partial charge in [-0.2, -0.15) is 11.8 Å². The van der Waals surface area contributed by atoms with Crippen molar-refractivity contribution in [2.24, 2.45) is 5.73 Å². The van der Waals surface area contributed by atoms with Crippen LogP contribution in [0.1, 0.15) is 31.4 Å². The van der Waals surface area contributed by atoms with Gasteiger partial charge in [-0.3, -0.25) is 4.79 Å². The van der Waals surface area contributed by atoms with Crippen molar-refractivity contribution in [1.82, 2.24) is 5.32 Å². The van der Waals surface area contributed by atoms with Crippen LogP contribution >= 0.6 is 27.7 Å². The Morgan fingerprint density at radius 3 is 3.00 bits per heavy atom. The zero-order valence-electron chi connectivity index (χ0n) is 11.0. The normalized spacial score (nSPS) is 24.3. The first kappa shape index (κ1) is 14.9. The molecule has 2 atom stereocenters. The lowest BCUT2D eigenvalue weighted by Crippen LogP contribution is -2.40. The van der Waals surface area contributed by atoms with Gasteiger partial charge in [-0.1, -0.05) is 28.1 Å². The molecule has 1 aliphatic rings. The second-order valence-electron chi connectivity index (χ2n) is 5.17. The van der Waals surface area contributed by atoms with Gasteiger partial charge in [0.05, 0.1) is 0 Å². The average molecular weight is 343 g/mol. The number of carbonyl (C=O) groups is 1. The van der Waals surface area contributed by atoms with E-state index >= 15 is 0 Å². The zero-order valence-corrected chi connectivity index (χ0v) is 13.4. The number of nitrogens with one attached hydrogen (secondary N) is 1. The van der Waals surface area contributed by atoms with E-state index in [1.807, 2.05) is 36.0 Å². The maximum atomic E-state index is 11.7. The highest BCUT2D eigenvalue weighted by molar-refractivity contribution is 9.10. The molecule has 3 N–H and O–H groups in total. The molecule has 1 fully saturated rings. The summed E-state index contributed by atoms with van der Waals surface area (Å²) < 4.78 is 1.18. The number of carbonyl (C=O) groups excluding carboxylic acids is 1. The van der Waals surface area contributed by atoms with Gasteiger partial charge in [-0.05, 0) is 43.2 Å². The van der Waals surface area contributed by atoms with Gasteiger partial charge in [0.15, 0.2) is 0 Å². The van der Waals surface area contributed by atoms with Crippen LogP contribution in [0.5, 0.6) is 0 Å². The molecule has 1 amide bonds. The Kier molecular flexibility index (Phi) is 4.92. The molecule has 0 aromatic heterocycles. The van der Waals surface area contributed by atoms with Crippen LogP contribution in [-0.4, -0.2) is 23.0 Å². The summed E-state index contributed by atoms with van der Waals surface area (Å²) in [5.41, 5.74) is 6.43. The fraction of sp³-hybridized carbons (Fsp3) is 0.500. The van der Waals surface area contributed by atoms with Gasteiger partial charge in [0.1, 0.15) is 6.04 Å². The molecule has 1 aliphatic heterocycles. The van der Waals surface area contributed by atoms with Crippen LogP contribution in [-0.2, 0) is 4.79 Å². The number of thioether (sulfide) groups is 1. The van der Waals surface area contributed by atoms with Crippen molar-refractivity contribution < 1.29 is 4.79 Å². The van der Waals surface area contributed by atoms with E-state index in [0.717, 1.165) is 16.6 Å². The number of halogens is 1. The molecule has 1 aromatic rings. The summed E-state index contributed by atoms with van der Waals surface area (Å²) >= 11 is 5.40. The van der Waals surface area contributed by atoms with Gasteiger partial charge in [0, 0.05) is 15.8 Å². The van der Waals surface area contributed by atoms with Crippen molar-refractivity contribution in [1.29, 1.82) is 0 Å². The zero-order chi connectivity index (χ0) is 13.9. The molecule has 2 rings (SSSR count). The quantitative estimate of drug-likeness (QED) is 0.864. The molecule has 0 unspecified atom stereocenters. The maximum Gasteiger partial charge on any atom is 0.239 e. The molecule has 1 saturated heterocycles. The van der Waals surface area contributed by atoms with Crippen molar-refractivity contribution in [3.8, 4) is 0 Å². The third-order valence-corrected chi connectivity index (χ3v) is 5.48. The number of primary amides is 1. The van der Waals surface area contributed by atoms with Crippen LogP contribution in [0.3, 0.4) is 0 Å². The lowest BCUT2D eigenvalue weighted by molar-refractivity contribution is -0.120. The summed E-state index contributed by atoms with van der Waals surface area (Å²) in [6.45, 7) is 3.05. The fourth-order valence-corrected chi connectivity index (χ4v) is 4.04. The molecule has 19 heavy (non-hydrogen) atoms. The number of rotatable bonds is 5. The number of hydrogen-bond acceptors (Lipinski definition) is 3. The molecule has 104 valence electrons. The van der Waals surface area contributed by atoms with Crippen molar-refractivity contribution in [2.75, 3.05) is 12.3 Å². The van der Waals surface area contributed by atoms with Crippen LogP contribution in [0.25, 0.3) is 0 Å². The predicted molar refractivity (Wildman–Crippen MR) is 84.2 cm³/mol. The van der Waals surface area contributed by atoms with Crippen molar-refractivity contribution in [3.05, 3.63) is 34.3 Å². The molecule has 0 spiro atoms. The summed E-state index contributed by atoms with van der Waals surface area (Å²) in [6, 6.07) is 7.30. The fourth-order valence-electron chi connectivity index (χ4n) is 2.36.